The molecule has 6 heteroatoms. The third-order valence-electron chi connectivity index (χ3n) is 3.39. The van der Waals surface area contributed by atoms with Crippen LogP contribution in [0.25, 0.3) is 0 Å². The second kappa shape index (κ2) is 7.04. The van der Waals surface area contributed by atoms with Crippen LogP contribution in [0.3, 0.4) is 0 Å². The minimum absolute atomic E-state index is 0.134. The highest BCUT2D eigenvalue weighted by atomic mass is 79.9. The van der Waals surface area contributed by atoms with E-state index in [9.17, 15) is 4.79 Å². The Balaban J connectivity index is 1.88. The highest BCUT2D eigenvalue weighted by Crippen LogP contribution is 2.17. The number of hydrogen-bond donors (Lipinski definition) is 1. The third kappa shape index (κ3) is 4.18. The molecule has 1 aromatic rings. The Morgan fingerprint density at radius 1 is 1.60 bits per heavy atom. The van der Waals surface area contributed by atoms with Crippen molar-refractivity contribution in [1.82, 2.24) is 9.88 Å². The summed E-state index contributed by atoms with van der Waals surface area (Å²) in [5, 5.41) is 2.81. The Bertz CT molecular complexity index is 475. The van der Waals surface area contributed by atoms with Gasteiger partial charge in [0.2, 0.25) is 0 Å². The number of nitrogens with zero attached hydrogens (tertiary/aromatic N) is 2. The molecule has 1 unspecified atom stereocenters. The first-order valence-electron chi connectivity index (χ1n) is 6.79. The maximum absolute atomic E-state index is 12.1. The van der Waals surface area contributed by atoms with E-state index < -0.39 is 0 Å². The van der Waals surface area contributed by atoms with Crippen LogP contribution in [0.1, 0.15) is 18.5 Å². The van der Waals surface area contributed by atoms with Crippen LogP contribution in [0.4, 0.5) is 10.6 Å². The van der Waals surface area contributed by atoms with Crippen molar-refractivity contribution in [2.75, 3.05) is 32.1 Å². The van der Waals surface area contributed by atoms with E-state index in [2.05, 4.69) is 26.2 Å². The molecule has 20 heavy (non-hydrogen) atoms. The molecule has 0 aromatic carbocycles. The molecular weight excluding hydrogens is 322 g/mol. The average Bonchev–Trinajstić information content (AvgIpc) is 2.44. The normalized spacial score (nSPS) is 18.6. The minimum Gasteiger partial charge on any atom is -0.381 e. The number of carbonyl (C=O) groups excluding carboxylic acids is 1. The summed E-state index contributed by atoms with van der Waals surface area (Å²) in [6.45, 7) is 4.19. The van der Waals surface area contributed by atoms with Crippen LogP contribution in [0.15, 0.2) is 16.6 Å². The van der Waals surface area contributed by atoms with Gasteiger partial charge in [-0.3, -0.25) is 5.32 Å². The monoisotopic (exact) mass is 341 g/mol. The highest BCUT2D eigenvalue weighted by molar-refractivity contribution is 9.10. The smallest absolute Gasteiger partial charge is 0.322 e. The summed E-state index contributed by atoms with van der Waals surface area (Å²) in [6, 6.07) is 3.53. The minimum atomic E-state index is -0.134. The van der Waals surface area contributed by atoms with E-state index in [0.717, 1.165) is 36.2 Å². The van der Waals surface area contributed by atoms with Gasteiger partial charge in [-0.15, -0.1) is 0 Å². The number of aryl methyl sites for hydroxylation is 1. The number of ether oxygens (including phenoxy) is 1. The Kier molecular flexibility index (Phi) is 5.37. The lowest BCUT2D eigenvalue weighted by atomic mass is 10.0. The zero-order chi connectivity index (χ0) is 14.5. The second-order valence-corrected chi connectivity index (χ2v) is 6.01. The molecule has 1 atom stereocenters. The van der Waals surface area contributed by atoms with E-state index >= 15 is 0 Å². The van der Waals surface area contributed by atoms with Crippen LogP contribution >= 0.6 is 15.9 Å². The molecule has 1 N–H and O–H groups in total. The Morgan fingerprint density at radius 3 is 3.05 bits per heavy atom. The lowest BCUT2D eigenvalue weighted by Crippen LogP contribution is -2.37. The predicted octanol–water partition coefficient (Wildman–Crippen LogP) is 3.04. The van der Waals surface area contributed by atoms with Crippen molar-refractivity contribution in [3.63, 3.8) is 0 Å². The lowest BCUT2D eigenvalue weighted by molar-refractivity contribution is 0.0464. The molecule has 0 aliphatic carbocycles. The van der Waals surface area contributed by atoms with E-state index in [0.29, 0.717) is 18.3 Å². The van der Waals surface area contributed by atoms with Crippen LogP contribution in [0.5, 0.6) is 0 Å². The Hall–Kier alpha value is -1.14. The first-order valence-corrected chi connectivity index (χ1v) is 7.58. The van der Waals surface area contributed by atoms with Crippen molar-refractivity contribution >= 4 is 27.8 Å². The highest BCUT2D eigenvalue weighted by Gasteiger charge is 2.19. The number of hydrogen-bond acceptors (Lipinski definition) is 3. The van der Waals surface area contributed by atoms with E-state index in [-0.39, 0.29) is 6.03 Å². The summed E-state index contributed by atoms with van der Waals surface area (Å²) < 4.78 is 6.37. The Morgan fingerprint density at radius 2 is 2.40 bits per heavy atom. The summed E-state index contributed by atoms with van der Waals surface area (Å²) in [5.41, 5.74) is 0.853. The molecule has 2 amide bonds. The van der Waals surface area contributed by atoms with Crippen molar-refractivity contribution in [1.29, 1.82) is 0 Å². The predicted molar refractivity (Wildman–Crippen MR) is 81.9 cm³/mol. The number of rotatable bonds is 3. The van der Waals surface area contributed by atoms with Crippen LogP contribution in [0, 0.1) is 12.8 Å². The summed E-state index contributed by atoms with van der Waals surface area (Å²) in [7, 11) is 1.80. The molecular formula is C14H20BrN3O2. The van der Waals surface area contributed by atoms with Crippen molar-refractivity contribution in [3.8, 4) is 0 Å². The zero-order valence-corrected chi connectivity index (χ0v) is 13.4. The zero-order valence-electron chi connectivity index (χ0n) is 11.9. The number of pyridine rings is 1. The Labute approximate surface area is 127 Å². The number of halogens is 1. The van der Waals surface area contributed by atoms with Gasteiger partial charge in [-0.2, -0.15) is 0 Å². The molecule has 1 saturated heterocycles. The van der Waals surface area contributed by atoms with Gasteiger partial charge in [0.1, 0.15) is 5.82 Å². The molecule has 1 aromatic heterocycles. The first-order chi connectivity index (χ1) is 9.56. The standard InChI is InChI=1S/C14H20BrN3O2/c1-10-12(15)5-6-13(16-10)17-14(19)18(2)8-11-4-3-7-20-9-11/h5-6,11H,3-4,7-9H2,1-2H3,(H,16,17,19). The summed E-state index contributed by atoms with van der Waals surface area (Å²) in [5.74, 6) is 1.00. The molecule has 1 fully saturated rings. The lowest BCUT2D eigenvalue weighted by Gasteiger charge is -2.27. The van der Waals surface area contributed by atoms with Crippen LogP contribution in [0.2, 0.25) is 0 Å². The van der Waals surface area contributed by atoms with Gasteiger partial charge in [-0.05, 0) is 47.8 Å². The van der Waals surface area contributed by atoms with Gasteiger partial charge >= 0.3 is 6.03 Å². The number of amides is 2. The molecule has 0 radical (unpaired) electrons. The van der Waals surface area contributed by atoms with E-state index in [1.165, 1.54) is 0 Å². The molecule has 2 rings (SSSR count). The summed E-state index contributed by atoms with van der Waals surface area (Å²) in [4.78, 5) is 18.1. The summed E-state index contributed by atoms with van der Waals surface area (Å²) in [6.07, 6.45) is 2.20. The SMILES string of the molecule is Cc1nc(NC(=O)N(C)CC2CCCOC2)ccc1Br. The van der Waals surface area contributed by atoms with Gasteiger partial charge in [-0.25, -0.2) is 9.78 Å². The first kappa shape index (κ1) is 15.3. The third-order valence-corrected chi connectivity index (χ3v) is 4.23. The number of carbonyl (C=O) groups is 1. The van der Waals surface area contributed by atoms with Gasteiger partial charge in [0.05, 0.1) is 12.3 Å². The fraction of sp³-hybridized carbons (Fsp3) is 0.571. The molecule has 1 aliphatic heterocycles. The molecule has 0 saturated carbocycles. The fourth-order valence-electron chi connectivity index (χ4n) is 2.24. The molecule has 0 bridgehead atoms. The van der Waals surface area contributed by atoms with Gasteiger partial charge < -0.3 is 9.64 Å². The number of urea groups is 1. The fourth-order valence-corrected chi connectivity index (χ4v) is 2.46. The molecule has 5 nitrogen and oxygen atoms in total. The van der Waals surface area contributed by atoms with Crippen molar-refractivity contribution < 1.29 is 9.53 Å². The van der Waals surface area contributed by atoms with Crippen LogP contribution in [-0.2, 0) is 4.74 Å². The number of anilines is 1. The largest absolute Gasteiger partial charge is 0.381 e. The number of aromatic nitrogens is 1. The molecule has 110 valence electrons. The van der Waals surface area contributed by atoms with Crippen LogP contribution < -0.4 is 5.32 Å². The summed E-state index contributed by atoms with van der Waals surface area (Å²) >= 11 is 3.39. The van der Waals surface area contributed by atoms with E-state index in [1.54, 1.807) is 18.0 Å². The van der Waals surface area contributed by atoms with E-state index in [4.69, 9.17) is 4.74 Å². The van der Waals surface area contributed by atoms with Crippen molar-refractivity contribution in [2.24, 2.45) is 5.92 Å². The second-order valence-electron chi connectivity index (χ2n) is 5.16. The van der Waals surface area contributed by atoms with Crippen molar-refractivity contribution in [2.45, 2.75) is 19.8 Å². The van der Waals surface area contributed by atoms with Gasteiger partial charge in [0, 0.05) is 30.6 Å². The van der Waals surface area contributed by atoms with Crippen LogP contribution in [-0.4, -0.2) is 42.7 Å². The van der Waals surface area contributed by atoms with Gasteiger partial charge in [0.25, 0.3) is 0 Å². The van der Waals surface area contributed by atoms with Gasteiger partial charge in [0.15, 0.2) is 0 Å². The molecule has 1 aliphatic rings. The number of nitrogens with one attached hydrogen (secondary N) is 1. The molecule has 2 heterocycles. The van der Waals surface area contributed by atoms with Crippen molar-refractivity contribution in [3.05, 3.63) is 22.3 Å². The topological polar surface area (TPSA) is 54.5 Å². The quantitative estimate of drug-likeness (QED) is 0.919. The molecule has 0 spiro atoms. The maximum Gasteiger partial charge on any atom is 0.322 e. The average molecular weight is 342 g/mol. The van der Waals surface area contributed by atoms with Gasteiger partial charge in [-0.1, -0.05) is 0 Å². The van der Waals surface area contributed by atoms with E-state index in [1.807, 2.05) is 13.0 Å². The maximum atomic E-state index is 12.1.